The molecule has 4 nitrogen and oxygen atoms in total. The molecule has 0 aliphatic heterocycles. The Kier molecular flexibility index (Phi) is 5.18. The fourth-order valence-electron chi connectivity index (χ4n) is 3.12. The minimum atomic E-state index is -0.385. The summed E-state index contributed by atoms with van der Waals surface area (Å²) in [6, 6.07) is 0. The molecular weight excluding hydrogens is 272 g/mol. The zero-order valence-electron chi connectivity index (χ0n) is 12.9. The van der Waals surface area contributed by atoms with E-state index in [1.807, 2.05) is 0 Å². The van der Waals surface area contributed by atoms with E-state index in [1.54, 1.807) is 25.6 Å². The van der Waals surface area contributed by atoms with Crippen molar-refractivity contribution in [2.24, 2.45) is 11.7 Å². The van der Waals surface area contributed by atoms with E-state index in [1.165, 1.54) is 9.88 Å². The fraction of sp³-hybridized carbons (Fsp3) is 0.800. The molecule has 2 rings (SSSR count). The molecule has 2 N–H and O–H groups in total. The van der Waals surface area contributed by atoms with Crippen LogP contribution in [0.25, 0.3) is 0 Å². The molecule has 20 heavy (non-hydrogen) atoms. The maximum atomic E-state index is 6.03. The summed E-state index contributed by atoms with van der Waals surface area (Å²) in [5, 5.41) is 1.20. The number of aryl methyl sites for hydroxylation is 2. The summed E-state index contributed by atoms with van der Waals surface area (Å²) in [6.07, 6.45) is 4.04. The Hall–Kier alpha value is -0.490. The molecule has 0 radical (unpaired) electrons. The Balaban J connectivity index is 2.07. The molecule has 0 amide bonds. The number of rotatable bonds is 5. The summed E-state index contributed by atoms with van der Waals surface area (Å²) >= 11 is 1.80. The molecule has 1 fully saturated rings. The summed E-state index contributed by atoms with van der Waals surface area (Å²) < 4.78 is 11.1. The highest BCUT2D eigenvalue weighted by atomic mass is 32.1. The van der Waals surface area contributed by atoms with Gasteiger partial charge in [0.25, 0.3) is 0 Å². The third-order valence-corrected chi connectivity index (χ3v) is 5.93. The number of hydrogen-bond acceptors (Lipinski definition) is 5. The molecule has 0 bridgehead atoms. The molecule has 0 aromatic carbocycles. The van der Waals surface area contributed by atoms with Crippen LogP contribution < -0.4 is 5.73 Å². The van der Waals surface area contributed by atoms with Gasteiger partial charge in [0.05, 0.1) is 10.7 Å². The summed E-state index contributed by atoms with van der Waals surface area (Å²) in [7, 11) is 3.47. The van der Waals surface area contributed by atoms with Crippen LogP contribution in [0.15, 0.2) is 0 Å². The number of aromatic nitrogens is 1. The second-order valence-electron chi connectivity index (χ2n) is 5.69. The highest BCUT2D eigenvalue weighted by molar-refractivity contribution is 7.11. The van der Waals surface area contributed by atoms with E-state index < -0.39 is 0 Å². The van der Waals surface area contributed by atoms with Crippen molar-refractivity contribution in [3.05, 3.63) is 15.6 Å². The summed E-state index contributed by atoms with van der Waals surface area (Å²) in [5.41, 5.74) is 7.17. The fourth-order valence-corrected chi connectivity index (χ4v) is 4.25. The van der Waals surface area contributed by atoms with Gasteiger partial charge in [-0.1, -0.05) is 0 Å². The van der Waals surface area contributed by atoms with E-state index in [9.17, 15) is 0 Å². The van der Waals surface area contributed by atoms with Crippen LogP contribution in [0.2, 0.25) is 0 Å². The van der Waals surface area contributed by atoms with E-state index >= 15 is 0 Å². The lowest BCUT2D eigenvalue weighted by Crippen LogP contribution is -2.39. The monoisotopic (exact) mass is 298 g/mol. The van der Waals surface area contributed by atoms with Crippen molar-refractivity contribution in [3.63, 3.8) is 0 Å². The van der Waals surface area contributed by atoms with Gasteiger partial charge < -0.3 is 15.2 Å². The minimum Gasteiger partial charge on any atom is -0.353 e. The predicted molar refractivity (Wildman–Crippen MR) is 82.1 cm³/mol. The Bertz CT molecular complexity index is 414. The van der Waals surface area contributed by atoms with Crippen molar-refractivity contribution in [2.45, 2.75) is 51.2 Å². The average Bonchev–Trinajstić information content (AvgIpc) is 2.80. The van der Waals surface area contributed by atoms with Gasteiger partial charge in [-0.05, 0) is 32.6 Å². The minimum absolute atomic E-state index is 0.374. The lowest BCUT2D eigenvalue weighted by Gasteiger charge is -2.39. The molecule has 1 atom stereocenters. The van der Waals surface area contributed by atoms with Crippen LogP contribution in [0.3, 0.4) is 0 Å². The zero-order chi connectivity index (χ0) is 14.8. The summed E-state index contributed by atoms with van der Waals surface area (Å²) in [4.78, 5) is 6.01. The Morgan fingerprint density at radius 3 is 2.30 bits per heavy atom. The van der Waals surface area contributed by atoms with Gasteiger partial charge in [-0.15, -0.1) is 11.3 Å². The van der Waals surface area contributed by atoms with E-state index in [0.717, 1.165) is 31.4 Å². The van der Waals surface area contributed by atoms with Crippen molar-refractivity contribution in [2.75, 3.05) is 20.8 Å². The average molecular weight is 298 g/mol. The SMILES string of the molecule is COC1(OC)CCC(C(CN)c2nc(C)c(C)s2)CC1. The first-order valence-electron chi connectivity index (χ1n) is 7.29. The van der Waals surface area contributed by atoms with Crippen molar-refractivity contribution in [1.82, 2.24) is 4.98 Å². The van der Waals surface area contributed by atoms with Gasteiger partial charge in [0.2, 0.25) is 0 Å². The van der Waals surface area contributed by atoms with Crippen LogP contribution in [-0.4, -0.2) is 31.5 Å². The van der Waals surface area contributed by atoms with E-state index in [2.05, 4.69) is 13.8 Å². The molecule has 1 unspecified atom stereocenters. The molecule has 1 aliphatic rings. The first-order chi connectivity index (χ1) is 9.55. The predicted octanol–water partition coefficient (Wildman–Crippen LogP) is 2.98. The van der Waals surface area contributed by atoms with Gasteiger partial charge in [-0.3, -0.25) is 0 Å². The maximum Gasteiger partial charge on any atom is 0.167 e. The molecule has 1 heterocycles. The molecule has 1 aromatic heterocycles. The van der Waals surface area contributed by atoms with Crippen LogP contribution in [0.5, 0.6) is 0 Å². The first kappa shape index (κ1) is 15.9. The quantitative estimate of drug-likeness (QED) is 0.849. The summed E-state index contributed by atoms with van der Waals surface area (Å²) in [6.45, 7) is 4.88. The van der Waals surface area contributed by atoms with Crippen LogP contribution >= 0.6 is 11.3 Å². The standard InChI is InChI=1S/C15H26N2O2S/c1-10-11(2)20-14(17-10)13(9-16)12-5-7-15(18-3,19-4)8-6-12/h12-13H,5-9,16H2,1-4H3. The summed E-state index contributed by atoms with van der Waals surface area (Å²) in [5.74, 6) is 0.576. The van der Waals surface area contributed by atoms with Crippen LogP contribution in [-0.2, 0) is 9.47 Å². The first-order valence-corrected chi connectivity index (χ1v) is 8.11. The van der Waals surface area contributed by atoms with Gasteiger partial charge in [-0.25, -0.2) is 4.98 Å². The Morgan fingerprint density at radius 1 is 1.30 bits per heavy atom. The van der Waals surface area contributed by atoms with Crippen LogP contribution in [0.1, 0.15) is 47.2 Å². The smallest absolute Gasteiger partial charge is 0.167 e. The number of methoxy groups -OCH3 is 2. The molecule has 0 spiro atoms. The van der Waals surface area contributed by atoms with Crippen LogP contribution in [0.4, 0.5) is 0 Å². The van der Waals surface area contributed by atoms with Gasteiger partial charge in [0, 0.05) is 44.4 Å². The van der Waals surface area contributed by atoms with Gasteiger partial charge in [-0.2, -0.15) is 0 Å². The van der Waals surface area contributed by atoms with Crippen LogP contribution in [0, 0.1) is 19.8 Å². The maximum absolute atomic E-state index is 6.03. The molecule has 1 saturated carbocycles. The Morgan fingerprint density at radius 2 is 1.90 bits per heavy atom. The second kappa shape index (κ2) is 6.52. The lowest BCUT2D eigenvalue weighted by atomic mass is 9.77. The number of ether oxygens (including phenoxy) is 2. The number of nitrogens with two attached hydrogens (primary N) is 1. The normalized spacial score (nSPS) is 21.1. The number of thiazole rings is 1. The highest BCUT2D eigenvalue weighted by Gasteiger charge is 2.38. The topological polar surface area (TPSA) is 57.4 Å². The van der Waals surface area contributed by atoms with Gasteiger partial charge >= 0.3 is 0 Å². The second-order valence-corrected chi connectivity index (χ2v) is 6.93. The number of hydrogen-bond donors (Lipinski definition) is 1. The molecule has 1 aliphatic carbocycles. The van der Waals surface area contributed by atoms with Gasteiger partial charge in [0.15, 0.2) is 5.79 Å². The molecule has 5 heteroatoms. The highest BCUT2D eigenvalue weighted by Crippen LogP contribution is 2.42. The van der Waals surface area contributed by atoms with E-state index in [-0.39, 0.29) is 5.79 Å². The van der Waals surface area contributed by atoms with Crippen molar-refractivity contribution < 1.29 is 9.47 Å². The van der Waals surface area contributed by atoms with Crippen molar-refractivity contribution in [1.29, 1.82) is 0 Å². The largest absolute Gasteiger partial charge is 0.353 e. The number of nitrogens with zero attached hydrogens (tertiary/aromatic N) is 1. The lowest BCUT2D eigenvalue weighted by molar-refractivity contribution is -0.228. The van der Waals surface area contributed by atoms with Crippen molar-refractivity contribution >= 4 is 11.3 Å². The molecule has 1 aromatic rings. The molecule has 0 saturated heterocycles. The molecular formula is C15H26N2O2S. The van der Waals surface area contributed by atoms with Gasteiger partial charge in [0.1, 0.15) is 0 Å². The van der Waals surface area contributed by atoms with Crippen molar-refractivity contribution in [3.8, 4) is 0 Å². The third kappa shape index (κ3) is 3.06. The Labute approximate surface area is 125 Å². The molecule has 114 valence electrons. The zero-order valence-corrected chi connectivity index (χ0v) is 13.8. The third-order valence-electron chi connectivity index (χ3n) is 4.72. The van der Waals surface area contributed by atoms with E-state index in [0.29, 0.717) is 18.4 Å². The van der Waals surface area contributed by atoms with E-state index in [4.69, 9.17) is 20.2 Å².